The zero-order valence-corrected chi connectivity index (χ0v) is 14.3. The molecule has 22 heavy (non-hydrogen) atoms. The van der Waals surface area contributed by atoms with Crippen molar-refractivity contribution in [1.82, 2.24) is 10.2 Å². The Hall–Kier alpha value is -1.26. The van der Waals surface area contributed by atoms with Crippen LogP contribution in [0, 0.1) is 5.92 Å². The summed E-state index contributed by atoms with van der Waals surface area (Å²) in [5.74, 6) is 1.28. The molecule has 4 nitrogen and oxygen atoms in total. The Labute approximate surface area is 137 Å². The molecular weight excluding hydrogens is 300 g/mol. The zero-order chi connectivity index (χ0) is 16.1. The second kappa shape index (κ2) is 7.84. The number of amides is 1. The summed E-state index contributed by atoms with van der Waals surface area (Å²) in [6, 6.07) is 6.30. The van der Waals surface area contributed by atoms with Crippen LogP contribution in [0.25, 0.3) is 0 Å². The molecule has 0 radical (unpaired) electrons. The van der Waals surface area contributed by atoms with Crippen molar-refractivity contribution in [1.29, 1.82) is 0 Å². The number of halogens is 1. The van der Waals surface area contributed by atoms with Gasteiger partial charge in [0.15, 0.2) is 0 Å². The lowest BCUT2D eigenvalue weighted by Gasteiger charge is -2.37. The molecule has 0 unspecified atom stereocenters. The Morgan fingerprint density at radius 1 is 1.55 bits per heavy atom. The van der Waals surface area contributed by atoms with E-state index in [0.29, 0.717) is 22.7 Å². The van der Waals surface area contributed by atoms with Crippen LogP contribution in [0.4, 0.5) is 0 Å². The fourth-order valence-corrected chi connectivity index (χ4v) is 3.32. The van der Waals surface area contributed by atoms with Gasteiger partial charge in [0.1, 0.15) is 5.75 Å². The third-order valence-corrected chi connectivity index (χ3v) is 4.69. The van der Waals surface area contributed by atoms with E-state index in [-0.39, 0.29) is 5.91 Å². The Morgan fingerprint density at radius 2 is 2.32 bits per heavy atom. The average molecular weight is 325 g/mol. The normalized spacial score (nSPS) is 20.5. The lowest BCUT2D eigenvalue weighted by atomic mass is 9.95. The fourth-order valence-electron chi connectivity index (χ4n) is 3.06. The van der Waals surface area contributed by atoms with Gasteiger partial charge in [-0.25, -0.2) is 0 Å². The molecule has 0 saturated carbocycles. The molecule has 2 rings (SSSR count). The maximum atomic E-state index is 11.1. The van der Waals surface area contributed by atoms with E-state index in [9.17, 15) is 4.79 Å². The van der Waals surface area contributed by atoms with E-state index in [2.05, 4.69) is 23.2 Å². The van der Waals surface area contributed by atoms with Gasteiger partial charge < -0.3 is 10.1 Å². The summed E-state index contributed by atoms with van der Waals surface area (Å²) < 4.78 is 5.21. The number of carbonyl (C=O) groups is 1. The first kappa shape index (κ1) is 17.1. The minimum absolute atomic E-state index is 0.0482. The minimum Gasteiger partial charge on any atom is -0.495 e. The van der Waals surface area contributed by atoms with Gasteiger partial charge in [0.2, 0.25) is 5.91 Å². The number of hydrogen-bond donors (Lipinski definition) is 1. The number of nitrogens with one attached hydrogen (secondary N) is 1. The molecule has 1 amide bonds. The number of rotatable bonds is 5. The van der Waals surface area contributed by atoms with Gasteiger partial charge >= 0.3 is 0 Å². The summed E-state index contributed by atoms with van der Waals surface area (Å²) >= 11 is 6.23. The van der Waals surface area contributed by atoms with Gasteiger partial charge in [0.25, 0.3) is 0 Å². The average Bonchev–Trinajstić information content (AvgIpc) is 2.52. The van der Waals surface area contributed by atoms with Crippen LogP contribution in [0.15, 0.2) is 18.2 Å². The van der Waals surface area contributed by atoms with Crippen molar-refractivity contribution in [3.05, 3.63) is 28.8 Å². The van der Waals surface area contributed by atoms with E-state index in [1.54, 1.807) is 14.0 Å². The topological polar surface area (TPSA) is 41.6 Å². The van der Waals surface area contributed by atoms with E-state index in [4.69, 9.17) is 16.3 Å². The number of benzene rings is 1. The zero-order valence-electron chi connectivity index (χ0n) is 13.6. The molecule has 1 aromatic carbocycles. The molecule has 122 valence electrons. The number of piperidine rings is 1. The standard InChI is InChI=1S/C17H25ClN2O2/c1-12(15-6-7-17(22-3)16(18)9-15)20-8-4-5-14(11-20)10-19-13(2)21/h6-7,9,12,14H,4-5,8,10-11H2,1-3H3,(H,19,21)/t12-,14-/m1/s1. The van der Waals surface area contributed by atoms with Crippen LogP contribution in [0.1, 0.15) is 38.3 Å². The number of hydrogen-bond acceptors (Lipinski definition) is 3. The first-order valence-electron chi connectivity index (χ1n) is 7.83. The maximum absolute atomic E-state index is 11.1. The van der Waals surface area contributed by atoms with Crippen molar-refractivity contribution in [2.45, 2.75) is 32.7 Å². The number of nitrogens with zero attached hydrogens (tertiary/aromatic N) is 1. The molecule has 1 saturated heterocycles. The van der Waals surface area contributed by atoms with Crippen molar-refractivity contribution < 1.29 is 9.53 Å². The van der Waals surface area contributed by atoms with Crippen LogP contribution in [-0.2, 0) is 4.79 Å². The summed E-state index contributed by atoms with van der Waals surface area (Å²) in [4.78, 5) is 13.5. The van der Waals surface area contributed by atoms with Gasteiger partial charge in [-0.15, -0.1) is 0 Å². The van der Waals surface area contributed by atoms with E-state index < -0.39 is 0 Å². The Bertz CT molecular complexity index is 521. The molecule has 1 fully saturated rings. The highest BCUT2D eigenvalue weighted by molar-refractivity contribution is 6.32. The molecule has 5 heteroatoms. The largest absolute Gasteiger partial charge is 0.495 e. The highest BCUT2D eigenvalue weighted by Crippen LogP contribution is 2.31. The Morgan fingerprint density at radius 3 is 2.95 bits per heavy atom. The van der Waals surface area contributed by atoms with Gasteiger partial charge in [-0.1, -0.05) is 17.7 Å². The highest BCUT2D eigenvalue weighted by atomic mass is 35.5. The molecule has 2 atom stereocenters. The van der Waals surface area contributed by atoms with E-state index in [1.165, 1.54) is 18.4 Å². The molecule has 0 aliphatic carbocycles. The van der Waals surface area contributed by atoms with Crippen molar-refractivity contribution in [3.8, 4) is 5.75 Å². The van der Waals surface area contributed by atoms with Crippen LogP contribution in [0.3, 0.4) is 0 Å². The van der Waals surface area contributed by atoms with Crippen molar-refractivity contribution in [2.75, 3.05) is 26.7 Å². The lowest BCUT2D eigenvalue weighted by molar-refractivity contribution is -0.119. The quantitative estimate of drug-likeness (QED) is 0.904. The number of ether oxygens (including phenoxy) is 1. The Kier molecular flexibility index (Phi) is 6.09. The summed E-state index contributed by atoms with van der Waals surface area (Å²) in [6.07, 6.45) is 2.34. The monoisotopic (exact) mass is 324 g/mol. The molecule has 1 aromatic rings. The van der Waals surface area contributed by atoms with Crippen molar-refractivity contribution in [3.63, 3.8) is 0 Å². The first-order valence-corrected chi connectivity index (χ1v) is 8.21. The maximum Gasteiger partial charge on any atom is 0.216 e. The SMILES string of the molecule is COc1ccc([C@@H](C)N2CCC[C@H](CNC(C)=O)C2)cc1Cl. The van der Waals surface area contributed by atoms with Crippen molar-refractivity contribution in [2.24, 2.45) is 5.92 Å². The number of carbonyl (C=O) groups excluding carboxylic acids is 1. The molecule has 0 spiro atoms. The Balaban J connectivity index is 2.00. The van der Waals surface area contributed by atoms with E-state index in [1.807, 2.05) is 12.1 Å². The smallest absolute Gasteiger partial charge is 0.216 e. The summed E-state index contributed by atoms with van der Waals surface area (Å²) in [6.45, 7) is 6.63. The molecular formula is C17H25ClN2O2. The predicted octanol–water partition coefficient (Wildman–Crippen LogP) is 3.26. The molecule has 1 N–H and O–H groups in total. The highest BCUT2D eigenvalue weighted by Gasteiger charge is 2.24. The van der Waals surface area contributed by atoms with Gasteiger partial charge in [0.05, 0.1) is 12.1 Å². The molecule has 1 aliphatic rings. The van der Waals surface area contributed by atoms with E-state index in [0.717, 1.165) is 19.6 Å². The summed E-state index contributed by atoms with van der Waals surface area (Å²) in [5, 5.41) is 3.59. The number of methoxy groups -OCH3 is 1. The minimum atomic E-state index is 0.0482. The number of likely N-dealkylation sites (tertiary alicyclic amines) is 1. The predicted molar refractivity (Wildman–Crippen MR) is 89.4 cm³/mol. The fraction of sp³-hybridized carbons (Fsp3) is 0.588. The van der Waals surface area contributed by atoms with Gasteiger partial charge in [0, 0.05) is 26.1 Å². The van der Waals surface area contributed by atoms with Crippen LogP contribution in [0.2, 0.25) is 5.02 Å². The second-order valence-corrected chi connectivity index (χ2v) is 6.42. The molecule has 1 heterocycles. The van der Waals surface area contributed by atoms with E-state index >= 15 is 0 Å². The van der Waals surface area contributed by atoms with Crippen molar-refractivity contribution >= 4 is 17.5 Å². The van der Waals surface area contributed by atoms with Gasteiger partial charge in [-0.05, 0) is 49.9 Å². The summed E-state index contributed by atoms with van der Waals surface area (Å²) in [7, 11) is 1.63. The molecule has 0 bridgehead atoms. The van der Waals surface area contributed by atoms with Crippen LogP contribution in [0.5, 0.6) is 5.75 Å². The first-order chi connectivity index (χ1) is 10.5. The third kappa shape index (κ3) is 4.37. The molecule has 1 aliphatic heterocycles. The summed E-state index contributed by atoms with van der Waals surface area (Å²) in [5.41, 5.74) is 1.20. The van der Waals surface area contributed by atoms with Crippen LogP contribution in [-0.4, -0.2) is 37.6 Å². The third-order valence-electron chi connectivity index (χ3n) is 4.40. The van der Waals surface area contributed by atoms with Crippen LogP contribution >= 0.6 is 11.6 Å². The lowest BCUT2D eigenvalue weighted by Crippen LogP contribution is -2.41. The van der Waals surface area contributed by atoms with Crippen LogP contribution < -0.4 is 10.1 Å². The van der Waals surface area contributed by atoms with Gasteiger partial charge in [-0.2, -0.15) is 0 Å². The van der Waals surface area contributed by atoms with Gasteiger partial charge in [-0.3, -0.25) is 9.69 Å². The molecule has 0 aromatic heterocycles. The second-order valence-electron chi connectivity index (χ2n) is 6.01.